The predicted molar refractivity (Wildman–Crippen MR) is 82.2 cm³/mol. The van der Waals surface area contributed by atoms with Crippen molar-refractivity contribution in [2.24, 2.45) is 0 Å². The number of rotatable bonds is 4. The van der Waals surface area contributed by atoms with E-state index in [-0.39, 0.29) is 10.9 Å². The molecule has 0 aromatic heterocycles. The number of aromatic hydroxyl groups is 1. The third-order valence-corrected chi connectivity index (χ3v) is 3.98. The van der Waals surface area contributed by atoms with E-state index >= 15 is 0 Å². The van der Waals surface area contributed by atoms with Gasteiger partial charge in [-0.25, -0.2) is 0 Å². The van der Waals surface area contributed by atoms with Gasteiger partial charge in [-0.05, 0) is 17.2 Å². The zero-order chi connectivity index (χ0) is 15.4. The number of carbonyl (C=O) groups excluding carboxylic acids is 1. The van der Waals surface area contributed by atoms with Crippen molar-refractivity contribution >= 4 is 22.8 Å². The van der Waals surface area contributed by atoms with E-state index in [1.165, 1.54) is 6.92 Å². The monoisotopic (exact) mass is 302 g/mol. The Morgan fingerprint density at radius 2 is 1.67 bits per heavy atom. The molecular formula is C16H14O4S. The molecule has 1 atom stereocenters. The number of phenols is 1. The molecule has 2 N–H and O–H groups in total. The molecule has 2 aromatic carbocycles. The van der Waals surface area contributed by atoms with Crippen LogP contribution in [0.15, 0.2) is 48.5 Å². The van der Waals surface area contributed by atoms with Gasteiger partial charge in [0.15, 0.2) is 5.12 Å². The normalized spacial score (nSPS) is 11.9. The molecular weight excluding hydrogens is 288 g/mol. The molecule has 108 valence electrons. The Hall–Kier alpha value is -2.27. The number of carboxylic acid groups (broad SMARTS) is 1. The van der Waals surface area contributed by atoms with Gasteiger partial charge in [0.1, 0.15) is 11.0 Å². The first-order chi connectivity index (χ1) is 9.99. The van der Waals surface area contributed by atoms with Gasteiger partial charge < -0.3 is 10.2 Å². The van der Waals surface area contributed by atoms with E-state index in [1.807, 2.05) is 6.07 Å². The fourth-order valence-corrected chi connectivity index (χ4v) is 2.71. The van der Waals surface area contributed by atoms with Crippen LogP contribution in [0.4, 0.5) is 0 Å². The van der Waals surface area contributed by atoms with Gasteiger partial charge >= 0.3 is 5.97 Å². The molecule has 0 radical (unpaired) electrons. The lowest BCUT2D eigenvalue weighted by atomic mass is 10.0. The van der Waals surface area contributed by atoms with E-state index in [0.717, 1.165) is 17.3 Å². The number of para-hydroxylation sites is 1. The summed E-state index contributed by atoms with van der Waals surface area (Å²) in [4.78, 5) is 22.4. The van der Waals surface area contributed by atoms with Crippen LogP contribution in [0, 0.1) is 0 Å². The second kappa shape index (κ2) is 6.45. The van der Waals surface area contributed by atoms with Crippen LogP contribution in [-0.2, 0) is 9.59 Å². The van der Waals surface area contributed by atoms with Gasteiger partial charge in [-0.1, -0.05) is 54.2 Å². The van der Waals surface area contributed by atoms with E-state index in [1.54, 1.807) is 42.5 Å². The molecule has 4 nitrogen and oxygen atoms in total. The Morgan fingerprint density at radius 3 is 2.19 bits per heavy atom. The average Bonchev–Trinajstić information content (AvgIpc) is 2.45. The molecule has 21 heavy (non-hydrogen) atoms. The fourth-order valence-electron chi connectivity index (χ4n) is 1.98. The highest BCUT2D eigenvalue weighted by Gasteiger charge is 2.22. The number of thioether (sulfide) groups is 1. The first-order valence-corrected chi connectivity index (χ1v) is 7.15. The summed E-state index contributed by atoms with van der Waals surface area (Å²) < 4.78 is 0. The summed E-state index contributed by atoms with van der Waals surface area (Å²) in [5.74, 6) is -0.886. The van der Waals surface area contributed by atoms with Crippen molar-refractivity contribution in [3.05, 3.63) is 54.1 Å². The van der Waals surface area contributed by atoms with E-state index in [2.05, 4.69) is 0 Å². The molecule has 0 saturated carbocycles. The third kappa shape index (κ3) is 3.64. The van der Waals surface area contributed by atoms with Crippen molar-refractivity contribution in [1.82, 2.24) is 0 Å². The van der Waals surface area contributed by atoms with Crippen LogP contribution in [0.25, 0.3) is 11.1 Å². The van der Waals surface area contributed by atoms with Crippen molar-refractivity contribution in [3.63, 3.8) is 0 Å². The van der Waals surface area contributed by atoms with Crippen LogP contribution < -0.4 is 0 Å². The molecule has 1 unspecified atom stereocenters. The van der Waals surface area contributed by atoms with E-state index in [4.69, 9.17) is 0 Å². The molecule has 0 spiro atoms. The van der Waals surface area contributed by atoms with Crippen LogP contribution in [0.2, 0.25) is 0 Å². The summed E-state index contributed by atoms with van der Waals surface area (Å²) in [6.07, 6.45) is 0. The fraction of sp³-hybridized carbons (Fsp3) is 0.125. The first kappa shape index (κ1) is 15.1. The van der Waals surface area contributed by atoms with E-state index < -0.39 is 11.2 Å². The summed E-state index contributed by atoms with van der Waals surface area (Å²) in [6, 6.07) is 13.7. The number of aliphatic carboxylic acids is 1. The number of hydrogen-bond donors (Lipinski definition) is 2. The van der Waals surface area contributed by atoms with Crippen LogP contribution in [0.3, 0.4) is 0 Å². The third-order valence-electron chi connectivity index (χ3n) is 2.94. The maximum atomic E-state index is 11.2. The number of hydrogen-bond acceptors (Lipinski definition) is 4. The molecule has 0 amide bonds. The largest absolute Gasteiger partial charge is 0.507 e. The highest BCUT2D eigenvalue weighted by Crippen LogP contribution is 2.33. The summed E-state index contributed by atoms with van der Waals surface area (Å²) in [5.41, 5.74) is 2.01. The smallest absolute Gasteiger partial charge is 0.321 e. The maximum absolute atomic E-state index is 11.2. The lowest BCUT2D eigenvalue weighted by molar-refractivity contribution is -0.136. The van der Waals surface area contributed by atoms with Gasteiger partial charge in [0, 0.05) is 12.5 Å². The molecule has 2 rings (SSSR count). The number of carbonyl (C=O) groups is 2. The predicted octanol–water partition coefficient (Wildman–Crippen LogP) is 3.46. The van der Waals surface area contributed by atoms with Gasteiger partial charge in [0.2, 0.25) is 0 Å². The van der Waals surface area contributed by atoms with Gasteiger partial charge in [-0.3, -0.25) is 9.59 Å². The van der Waals surface area contributed by atoms with Crippen LogP contribution in [0.5, 0.6) is 5.75 Å². The minimum absolute atomic E-state index is 0.165. The highest BCUT2D eigenvalue weighted by atomic mass is 32.2. The molecule has 0 aliphatic heterocycles. The lowest BCUT2D eigenvalue weighted by Gasteiger charge is -2.11. The van der Waals surface area contributed by atoms with Crippen LogP contribution >= 0.6 is 11.8 Å². The average molecular weight is 302 g/mol. The molecule has 0 fully saturated rings. The molecule has 0 aliphatic rings. The standard InChI is InChI=1S/C16H14O4S/c1-10(17)21-15(16(19)20)12-8-6-11(7-9-12)13-4-2-3-5-14(13)18/h2-9,15,18H,1H3,(H,19,20). The summed E-state index contributed by atoms with van der Waals surface area (Å²) in [7, 11) is 0. The van der Waals surface area contributed by atoms with Gasteiger partial charge in [0.05, 0.1) is 0 Å². The van der Waals surface area contributed by atoms with E-state index in [9.17, 15) is 19.8 Å². The van der Waals surface area contributed by atoms with Gasteiger partial charge in [0.25, 0.3) is 0 Å². The summed E-state index contributed by atoms with van der Waals surface area (Å²) in [6.45, 7) is 1.34. The van der Waals surface area contributed by atoms with Crippen molar-refractivity contribution in [3.8, 4) is 16.9 Å². The molecule has 5 heteroatoms. The molecule has 0 heterocycles. The minimum atomic E-state index is -1.05. The lowest BCUT2D eigenvalue weighted by Crippen LogP contribution is -2.09. The molecule has 0 bridgehead atoms. The Balaban J connectivity index is 2.32. The van der Waals surface area contributed by atoms with Gasteiger partial charge in [-0.15, -0.1) is 0 Å². The van der Waals surface area contributed by atoms with Gasteiger partial charge in [-0.2, -0.15) is 0 Å². The summed E-state index contributed by atoms with van der Waals surface area (Å²) >= 11 is 0.778. The van der Waals surface area contributed by atoms with Crippen LogP contribution in [0.1, 0.15) is 17.7 Å². The van der Waals surface area contributed by atoms with Crippen LogP contribution in [-0.4, -0.2) is 21.3 Å². The summed E-state index contributed by atoms with van der Waals surface area (Å²) in [5, 5.41) is 17.8. The van der Waals surface area contributed by atoms with E-state index in [0.29, 0.717) is 11.1 Å². The minimum Gasteiger partial charge on any atom is -0.507 e. The second-order valence-corrected chi connectivity index (χ2v) is 5.75. The maximum Gasteiger partial charge on any atom is 0.321 e. The molecule has 0 saturated heterocycles. The van der Waals surface area contributed by atoms with Crippen molar-refractivity contribution < 1.29 is 19.8 Å². The Kier molecular flexibility index (Phi) is 4.65. The topological polar surface area (TPSA) is 74.6 Å². The Bertz CT molecular complexity index is 664. The number of phenolic OH excluding ortho intramolecular Hbond substituents is 1. The number of benzene rings is 2. The highest BCUT2D eigenvalue weighted by molar-refractivity contribution is 8.14. The molecule has 0 aliphatic carbocycles. The first-order valence-electron chi connectivity index (χ1n) is 6.27. The van der Waals surface area contributed by atoms with Crippen molar-refractivity contribution in [1.29, 1.82) is 0 Å². The zero-order valence-corrected chi connectivity index (χ0v) is 12.1. The Morgan fingerprint density at radius 1 is 1.05 bits per heavy atom. The SMILES string of the molecule is CC(=O)SC(C(=O)O)c1ccc(-c2ccccc2O)cc1. The Labute approximate surface area is 126 Å². The molecule has 2 aromatic rings. The second-order valence-electron chi connectivity index (χ2n) is 4.47. The van der Waals surface area contributed by atoms with Crippen molar-refractivity contribution in [2.45, 2.75) is 12.2 Å². The van der Waals surface area contributed by atoms with Crippen molar-refractivity contribution in [2.75, 3.05) is 0 Å². The zero-order valence-electron chi connectivity index (χ0n) is 11.3. The quantitative estimate of drug-likeness (QED) is 0.904. The number of carboxylic acids is 1.